The predicted molar refractivity (Wildman–Crippen MR) is 72.0 cm³/mol. The first-order valence-corrected chi connectivity index (χ1v) is 5.88. The van der Waals surface area contributed by atoms with E-state index in [1.807, 2.05) is 31.2 Å². The molecule has 3 heteroatoms. The maximum absolute atomic E-state index is 10.6. The number of benzene rings is 2. The van der Waals surface area contributed by atoms with E-state index in [9.17, 15) is 4.79 Å². The first-order valence-electron chi connectivity index (χ1n) is 5.13. The third-order valence-electron chi connectivity index (χ3n) is 2.61. The summed E-state index contributed by atoms with van der Waals surface area (Å²) < 4.78 is 0. The summed E-state index contributed by atoms with van der Waals surface area (Å²) in [6, 6.07) is 11.0. The first kappa shape index (κ1) is 12.2. The highest BCUT2D eigenvalue weighted by molar-refractivity contribution is 6.34. The van der Waals surface area contributed by atoms with Crippen LogP contribution in [0.5, 0.6) is 0 Å². The Hall–Kier alpha value is -1.31. The Bertz CT molecular complexity index is 576. The van der Waals surface area contributed by atoms with Crippen molar-refractivity contribution in [2.75, 3.05) is 0 Å². The van der Waals surface area contributed by atoms with Gasteiger partial charge in [-0.1, -0.05) is 47.5 Å². The molecule has 0 aliphatic rings. The van der Waals surface area contributed by atoms with Crippen LogP contribution in [0.25, 0.3) is 11.1 Å². The molecule has 2 aromatic rings. The summed E-state index contributed by atoms with van der Waals surface area (Å²) in [5.74, 6) is 0. The Morgan fingerprint density at radius 1 is 1.00 bits per heavy atom. The Morgan fingerprint density at radius 3 is 2.35 bits per heavy atom. The summed E-state index contributed by atoms with van der Waals surface area (Å²) >= 11 is 12.2. The summed E-state index contributed by atoms with van der Waals surface area (Å²) in [5.41, 5.74) is 3.41. The van der Waals surface area contributed by atoms with Gasteiger partial charge in [-0.15, -0.1) is 0 Å². The van der Waals surface area contributed by atoms with Crippen molar-refractivity contribution in [3.63, 3.8) is 0 Å². The van der Waals surface area contributed by atoms with Crippen LogP contribution in [0, 0.1) is 6.92 Å². The van der Waals surface area contributed by atoms with E-state index in [4.69, 9.17) is 23.2 Å². The maximum Gasteiger partial charge on any atom is 0.150 e. The fourth-order valence-corrected chi connectivity index (χ4v) is 2.08. The summed E-state index contributed by atoms with van der Waals surface area (Å²) in [6.07, 6.45) is 0.776. The van der Waals surface area contributed by atoms with E-state index in [1.165, 1.54) is 0 Å². The van der Waals surface area contributed by atoms with E-state index in [-0.39, 0.29) is 0 Å². The van der Waals surface area contributed by atoms with Crippen LogP contribution >= 0.6 is 23.2 Å². The number of aldehydes is 1. The zero-order valence-electron chi connectivity index (χ0n) is 9.21. The van der Waals surface area contributed by atoms with Gasteiger partial charge < -0.3 is 0 Å². The molecule has 1 nitrogen and oxygen atoms in total. The van der Waals surface area contributed by atoms with Crippen molar-refractivity contribution in [3.8, 4) is 11.1 Å². The smallest absolute Gasteiger partial charge is 0.150 e. The standard InChI is InChI=1S/C14H10Cl2O/c1-9-2-4-11(7-13(9)15)12-5-3-10(8-17)6-14(12)16/h2-8H,1H3. The lowest BCUT2D eigenvalue weighted by Crippen LogP contribution is -1.85. The van der Waals surface area contributed by atoms with Gasteiger partial charge in [0.2, 0.25) is 0 Å². The lowest BCUT2D eigenvalue weighted by molar-refractivity contribution is 0.112. The summed E-state index contributed by atoms with van der Waals surface area (Å²) in [5, 5.41) is 1.26. The van der Waals surface area contributed by atoms with Crippen molar-refractivity contribution in [1.29, 1.82) is 0 Å². The minimum absolute atomic E-state index is 0.550. The molecule has 86 valence electrons. The average Bonchev–Trinajstić information content (AvgIpc) is 2.32. The molecule has 0 aliphatic carbocycles. The van der Waals surface area contributed by atoms with Gasteiger partial charge in [-0.05, 0) is 30.2 Å². The van der Waals surface area contributed by atoms with Gasteiger partial charge in [0, 0.05) is 21.2 Å². The Labute approximate surface area is 110 Å². The fraction of sp³-hybridized carbons (Fsp3) is 0.0714. The van der Waals surface area contributed by atoms with Crippen molar-refractivity contribution < 1.29 is 4.79 Å². The van der Waals surface area contributed by atoms with E-state index < -0.39 is 0 Å². The zero-order valence-corrected chi connectivity index (χ0v) is 10.7. The molecule has 0 fully saturated rings. The van der Waals surface area contributed by atoms with Crippen LogP contribution in [-0.2, 0) is 0 Å². The number of aryl methyl sites for hydroxylation is 1. The molecule has 0 saturated carbocycles. The molecule has 0 atom stereocenters. The zero-order chi connectivity index (χ0) is 12.4. The van der Waals surface area contributed by atoms with E-state index in [2.05, 4.69) is 0 Å². The highest BCUT2D eigenvalue weighted by Crippen LogP contribution is 2.31. The SMILES string of the molecule is Cc1ccc(-c2ccc(C=O)cc2Cl)cc1Cl. The lowest BCUT2D eigenvalue weighted by atomic mass is 10.0. The van der Waals surface area contributed by atoms with Crippen LogP contribution in [0.1, 0.15) is 15.9 Å². The second-order valence-electron chi connectivity index (χ2n) is 3.82. The molecule has 0 radical (unpaired) electrons. The Kier molecular flexibility index (Phi) is 3.51. The Morgan fingerprint density at radius 2 is 1.76 bits per heavy atom. The molecule has 2 rings (SSSR count). The number of carbonyl (C=O) groups excluding carboxylic acids is 1. The van der Waals surface area contributed by atoms with Crippen LogP contribution < -0.4 is 0 Å². The van der Waals surface area contributed by atoms with Crippen LogP contribution in [0.2, 0.25) is 10.0 Å². The largest absolute Gasteiger partial charge is 0.298 e. The van der Waals surface area contributed by atoms with Crippen LogP contribution in [0.4, 0.5) is 0 Å². The third kappa shape index (κ3) is 2.51. The van der Waals surface area contributed by atoms with Gasteiger partial charge in [-0.2, -0.15) is 0 Å². The normalized spacial score (nSPS) is 10.3. The number of carbonyl (C=O) groups is 1. The minimum Gasteiger partial charge on any atom is -0.298 e. The van der Waals surface area contributed by atoms with Crippen LogP contribution in [0.3, 0.4) is 0 Å². The number of hydrogen-bond acceptors (Lipinski definition) is 1. The van der Waals surface area contributed by atoms with E-state index in [0.717, 1.165) is 23.0 Å². The molecule has 0 amide bonds. The van der Waals surface area contributed by atoms with Crippen molar-refractivity contribution in [2.24, 2.45) is 0 Å². The van der Waals surface area contributed by atoms with Gasteiger partial charge in [0.05, 0.1) is 0 Å². The molecule has 0 unspecified atom stereocenters. The molecule has 0 aromatic heterocycles. The highest BCUT2D eigenvalue weighted by atomic mass is 35.5. The van der Waals surface area contributed by atoms with Crippen molar-refractivity contribution in [3.05, 3.63) is 57.6 Å². The van der Waals surface area contributed by atoms with Crippen molar-refractivity contribution in [2.45, 2.75) is 6.92 Å². The monoisotopic (exact) mass is 264 g/mol. The quantitative estimate of drug-likeness (QED) is 0.714. The van der Waals surface area contributed by atoms with Gasteiger partial charge >= 0.3 is 0 Å². The van der Waals surface area contributed by atoms with Gasteiger partial charge in [0.1, 0.15) is 6.29 Å². The van der Waals surface area contributed by atoms with Crippen LogP contribution in [0.15, 0.2) is 36.4 Å². The fourth-order valence-electron chi connectivity index (χ4n) is 1.60. The van der Waals surface area contributed by atoms with E-state index in [0.29, 0.717) is 15.6 Å². The van der Waals surface area contributed by atoms with Gasteiger partial charge in [-0.3, -0.25) is 4.79 Å². The molecule has 0 saturated heterocycles. The molecule has 2 aromatic carbocycles. The predicted octanol–water partition coefficient (Wildman–Crippen LogP) is 4.78. The molecule has 0 N–H and O–H groups in total. The average molecular weight is 265 g/mol. The van der Waals surface area contributed by atoms with Crippen molar-refractivity contribution >= 4 is 29.5 Å². The number of halogens is 2. The van der Waals surface area contributed by atoms with Crippen LogP contribution in [-0.4, -0.2) is 6.29 Å². The van der Waals surface area contributed by atoms with Gasteiger partial charge in [0.25, 0.3) is 0 Å². The van der Waals surface area contributed by atoms with Gasteiger partial charge in [0.15, 0.2) is 0 Å². The maximum atomic E-state index is 10.6. The molecular formula is C14H10Cl2O. The third-order valence-corrected chi connectivity index (χ3v) is 3.33. The minimum atomic E-state index is 0.550. The second kappa shape index (κ2) is 4.91. The highest BCUT2D eigenvalue weighted by Gasteiger charge is 2.06. The van der Waals surface area contributed by atoms with E-state index >= 15 is 0 Å². The molecule has 0 heterocycles. The molecule has 0 bridgehead atoms. The topological polar surface area (TPSA) is 17.1 Å². The molecule has 0 spiro atoms. The van der Waals surface area contributed by atoms with Gasteiger partial charge in [-0.25, -0.2) is 0 Å². The lowest BCUT2D eigenvalue weighted by Gasteiger charge is -2.07. The molecule has 17 heavy (non-hydrogen) atoms. The number of rotatable bonds is 2. The van der Waals surface area contributed by atoms with Crippen molar-refractivity contribution in [1.82, 2.24) is 0 Å². The Balaban J connectivity index is 2.52. The van der Waals surface area contributed by atoms with E-state index in [1.54, 1.807) is 12.1 Å². The number of hydrogen-bond donors (Lipinski definition) is 0. The summed E-state index contributed by atoms with van der Waals surface area (Å²) in [4.78, 5) is 10.6. The summed E-state index contributed by atoms with van der Waals surface area (Å²) in [7, 11) is 0. The molecular weight excluding hydrogens is 255 g/mol. The molecule has 0 aliphatic heterocycles. The first-order chi connectivity index (χ1) is 8.11. The summed E-state index contributed by atoms with van der Waals surface area (Å²) in [6.45, 7) is 1.95. The second-order valence-corrected chi connectivity index (χ2v) is 4.64.